The minimum atomic E-state index is -0.985. The maximum absolute atomic E-state index is 12.7. The predicted molar refractivity (Wildman–Crippen MR) is 255 cm³/mol. The predicted octanol–water partition coefficient (Wildman–Crippen LogP) is 6.14. The number of benzene rings is 3. The SMILES string of the molecule is CC1(NC(=O)OCc2ccccc2)CCN(C[C@H]2O[C@@H]3OC(C)(C)O[C@@H]3[C@H]2O)CC1.CC1(NC(=O)OCc2ccccc2)CCN(C[C@H]2O[C@@H]3OC(C)(C)O[C@@H]3[C@H]2OC(=O)Oc2ccc([N+](=O)[O-])cc2)CC1. The summed E-state index contributed by atoms with van der Waals surface area (Å²) in [5.74, 6) is -1.54. The van der Waals surface area contributed by atoms with E-state index in [4.69, 9.17) is 47.4 Å². The number of carbonyl (C=O) groups excluding carboxylic acids is 3. The van der Waals surface area contributed by atoms with Gasteiger partial charge in [0.05, 0.1) is 4.92 Å². The number of likely N-dealkylation sites (tertiary alicyclic amines) is 2. The number of hydrogen-bond donors (Lipinski definition) is 3. The molecule has 0 unspecified atom stereocenters. The largest absolute Gasteiger partial charge is 0.514 e. The summed E-state index contributed by atoms with van der Waals surface area (Å²) in [7, 11) is 0. The molecule has 0 saturated carbocycles. The minimum Gasteiger partial charge on any atom is -0.445 e. The first-order chi connectivity index (χ1) is 34.2. The Labute approximate surface area is 418 Å². The fraction of sp³-hybridized carbons (Fsp3) is 0.588. The molecule has 6 heterocycles. The summed E-state index contributed by atoms with van der Waals surface area (Å²) in [6, 6.07) is 24.2. The van der Waals surface area contributed by atoms with Crippen molar-refractivity contribution < 1.29 is 71.8 Å². The van der Waals surface area contributed by atoms with Crippen molar-refractivity contribution in [1.82, 2.24) is 20.4 Å². The number of amides is 2. The fourth-order valence-electron chi connectivity index (χ4n) is 9.64. The number of nitrogens with zero attached hydrogens (tertiary/aromatic N) is 3. The summed E-state index contributed by atoms with van der Waals surface area (Å²) < 4.78 is 57.1. The molecule has 3 N–H and O–H groups in total. The molecule has 6 saturated heterocycles. The van der Waals surface area contributed by atoms with Crippen molar-refractivity contribution in [3.63, 3.8) is 0 Å². The smallest absolute Gasteiger partial charge is 0.445 e. The lowest BCUT2D eigenvalue weighted by Crippen LogP contribution is -2.55. The summed E-state index contributed by atoms with van der Waals surface area (Å²) in [5, 5.41) is 27.5. The molecular weight excluding hydrogens is 939 g/mol. The number of piperidine rings is 2. The topological polar surface area (TPSA) is 237 Å². The summed E-state index contributed by atoms with van der Waals surface area (Å²) >= 11 is 0. The number of nitrogens with one attached hydrogen (secondary N) is 2. The van der Waals surface area contributed by atoms with Gasteiger partial charge in [0.2, 0.25) is 0 Å². The van der Waals surface area contributed by atoms with Crippen molar-refractivity contribution in [2.45, 2.75) is 152 Å². The number of aliphatic hydroxyl groups excluding tert-OH is 1. The highest BCUT2D eigenvalue weighted by Crippen LogP contribution is 2.40. The number of hydrogen-bond acceptors (Lipinski definition) is 18. The number of nitro groups is 1. The molecule has 21 heteroatoms. The zero-order chi connectivity index (χ0) is 51.3. The third kappa shape index (κ3) is 14.0. The summed E-state index contributed by atoms with van der Waals surface area (Å²) in [6.45, 7) is 15.6. The first-order valence-corrected chi connectivity index (χ1v) is 24.5. The quantitative estimate of drug-likeness (QED) is 0.0573. The van der Waals surface area contributed by atoms with Crippen molar-refractivity contribution in [1.29, 1.82) is 0 Å². The molecule has 6 fully saturated rings. The molecule has 3 aromatic rings. The number of fused-ring (bicyclic) bond motifs is 2. The third-order valence-corrected chi connectivity index (χ3v) is 13.7. The second kappa shape index (κ2) is 22.3. The van der Waals surface area contributed by atoms with Crippen molar-refractivity contribution >= 4 is 24.0 Å². The highest BCUT2D eigenvalue weighted by molar-refractivity contribution is 5.69. The Morgan fingerprint density at radius 2 is 1.10 bits per heavy atom. The van der Waals surface area contributed by atoms with Gasteiger partial charge in [0.25, 0.3) is 5.69 Å². The lowest BCUT2D eigenvalue weighted by Gasteiger charge is -2.40. The molecule has 0 radical (unpaired) electrons. The Balaban J connectivity index is 0.000000204. The van der Waals surface area contributed by atoms with Crippen LogP contribution in [0.15, 0.2) is 84.9 Å². The zero-order valence-electron chi connectivity index (χ0n) is 41.6. The Hall–Kier alpha value is -5.49. The van der Waals surface area contributed by atoms with E-state index in [0.717, 1.165) is 37.1 Å². The van der Waals surface area contributed by atoms with Crippen LogP contribution in [0.3, 0.4) is 0 Å². The van der Waals surface area contributed by atoms with Crippen LogP contribution < -0.4 is 15.4 Å². The van der Waals surface area contributed by atoms with Crippen molar-refractivity contribution in [3.8, 4) is 5.75 Å². The second-order valence-electron chi connectivity index (χ2n) is 20.6. The van der Waals surface area contributed by atoms with Gasteiger partial charge in [-0.05, 0) is 90.5 Å². The minimum absolute atomic E-state index is 0.103. The summed E-state index contributed by atoms with van der Waals surface area (Å²) in [5.41, 5.74) is 1.01. The number of rotatable bonds is 13. The average Bonchev–Trinajstić information content (AvgIpc) is 4.01. The van der Waals surface area contributed by atoms with E-state index in [-0.39, 0.29) is 36.3 Å². The van der Waals surface area contributed by atoms with Gasteiger partial charge in [-0.2, -0.15) is 0 Å². The molecule has 3 aromatic carbocycles. The van der Waals surface area contributed by atoms with Gasteiger partial charge in [0.1, 0.15) is 43.4 Å². The van der Waals surface area contributed by atoms with Crippen LogP contribution in [0, 0.1) is 10.1 Å². The van der Waals surface area contributed by atoms with Crippen LogP contribution in [0.25, 0.3) is 0 Å². The molecule has 8 atom stereocenters. The van der Waals surface area contributed by atoms with Crippen molar-refractivity contribution in [2.24, 2.45) is 0 Å². The molecule has 392 valence electrons. The molecule has 0 aliphatic carbocycles. The maximum atomic E-state index is 12.7. The molecule has 21 nitrogen and oxygen atoms in total. The van der Waals surface area contributed by atoms with Gasteiger partial charge in [-0.25, -0.2) is 14.4 Å². The van der Waals surface area contributed by atoms with Crippen molar-refractivity contribution in [2.75, 3.05) is 39.3 Å². The lowest BCUT2D eigenvalue weighted by atomic mass is 9.89. The number of non-ortho nitro benzene ring substituents is 1. The zero-order valence-corrected chi connectivity index (χ0v) is 41.6. The monoisotopic (exact) mass is 1010 g/mol. The van der Waals surface area contributed by atoms with Crippen molar-refractivity contribution in [3.05, 3.63) is 106 Å². The molecule has 0 spiro atoms. The molecular formula is C51H67N5O16. The summed E-state index contributed by atoms with van der Waals surface area (Å²) in [6.07, 6.45) is -3.67. The van der Waals surface area contributed by atoms with Gasteiger partial charge in [0.15, 0.2) is 36.4 Å². The fourth-order valence-corrected chi connectivity index (χ4v) is 9.64. The van der Waals surface area contributed by atoms with E-state index in [1.54, 1.807) is 13.8 Å². The average molecular weight is 1010 g/mol. The van der Waals surface area contributed by atoms with E-state index in [9.17, 15) is 29.6 Å². The van der Waals surface area contributed by atoms with Crippen LogP contribution in [0.5, 0.6) is 5.75 Å². The molecule has 6 aliphatic rings. The Morgan fingerprint density at radius 1 is 0.653 bits per heavy atom. The van der Waals surface area contributed by atoms with Crippen LogP contribution in [0.1, 0.15) is 78.4 Å². The van der Waals surface area contributed by atoms with E-state index in [2.05, 4.69) is 20.4 Å². The third-order valence-electron chi connectivity index (χ3n) is 13.7. The van der Waals surface area contributed by atoms with E-state index >= 15 is 0 Å². The van der Waals surface area contributed by atoms with Gasteiger partial charge < -0.3 is 72.9 Å². The van der Waals surface area contributed by atoms with Crippen LogP contribution >= 0.6 is 0 Å². The Kier molecular flexibility index (Phi) is 16.4. The second-order valence-corrected chi connectivity index (χ2v) is 20.6. The van der Waals surface area contributed by atoms with Crippen LogP contribution in [-0.4, -0.2) is 149 Å². The van der Waals surface area contributed by atoms with Crippen LogP contribution in [0.2, 0.25) is 0 Å². The molecule has 0 bridgehead atoms. The van der Waals surface area contributed by atoms with Gasteiger partial charge in [-0.1, -0.05) is 60.7 Å². The Bertz CT molecular complexity index is 2310. The normalized spacial score (nSPS) is 28.8. The number of carbonyl (C=O) groups is 3. The molecule has 72 heavy (non-hydrogen) atoms. The van der Waals surface area contributed by atoms with Gasteiger partial charge in [-0.3, -0.25) is 10.1 Å². The van der Waals surface area contributed by atoms with Crippen LogP contribution in [0.4, 0.5) is 20.1 Å². The van der Waals surface area contributed by atoms with E-state index in [0.29, 0.717) is 39.0 Å². The maximum Gasteiger partial charge on any atom is 0.514 e. The van der Waals surface area contributed by atoms with Crippen LogP contribution in [-0.2, 0) is 55.8 Å². The molecule has 2 amide bonds. The standard InChI is InChI=1S/C29H35N3O10.C22H32N2O6/c1-28(2)41-24-23(40-27(34)38-21-11-9-20(10-12-21)32(35)36)22(39-25(24)42-28)17-31-15-13-29(3,14-16-31)30-26(33)37-18-19-7-5-4-6-8-19;1-21(2)29-18-17(25)16(28-19(18)30-21)13-24-11-9-22(3,10-12-24)23-20(26)27-14-15-7-5-4-6-8-15/h4-12,22-25H,13-18H2,1-3H3,(H,30,33);4-8,16-19,25H,9-14H2,1-3H3,(H,23,26)/t22-,23+,24-,25-;16-,17+,18-,19-/m11/s1. The number of alkyl carbamates (subject to hydrolysis) is 2. The van der Waals surface area contributed by atoms with Gasteiger partial charge >= 0.3 is 18.3 Å². The highest BCUT2D eigenvalue weighted by Gasteiger charge is 2.58. The molecule has 0 aromatic heterocycles. The molecule has 9 rings (SSSR count). The van der Waals surface area contributed by atoms with E-state index < -0.39 is 83.5 Å². The molecule has 6 aliphatic heterocycles. The Morgan fingerprint density at radius 3 is 1.57 bits per heavy atom. The first kappa shape index (κ1) is 52.8. The summed E-state index contributed by atoms with van der Waals surface area (Å²) in [4.78, 5) is 52.2. The van der Waals surface area contributed by atoms with E-state index in [1.807, 2.05) is 88.4 Å². The van der Waals surface area contributed by atoms with E-state index in [1.165, 1.54) is 24.3 Å². The van der Waals surface area contributed by atoms with Gasteiger partial charge in [-0.15, -0.1) is 0 Å². The number of aliphatic hydroxyl groups is 1. The lowest BCUT2D eigenvalue weighted by molar-refractivity contribution is -0.384. The first-order valence-electron chi connectivity index (χ1n) is 24.5. The number of nitro benzene ring substituents is 1. The number of ether oxygens (including phenoxy) is 10. The van der Waals surface area contributed by atoms with Gasteiger partial charge in [0, 0.05) is 62.5 Å². The highest BCUT2D eigenvalue weighted by atomic mass is 16.9.